The van der Waals surface area contributed by atoms with Crippen LogP contribution in [-0.4, -0.2) is 36.5 Å². The van der Waals surface area contributed by atoms with Gasteiger partial charge in [-0.05, 0) is 25.3 Å². The third kappa shape index (κ3) is 3.84. The molecule has 1 aliphatic heterocycles. The van der Waals surface area contributed by atoms with Crippen LogP contribution in [0.25, 0.3) is 0 Å². The normalized spacial score (nSPS) is 19.8. The second-order valence-corrected chi connectivity index (χ2v) is 5.03. The minimum absolute atomic E-state index is 0.305. The molecule has 1 N–H and O–H groups in total. The van der Waals surface area contributed by atoms with Gasteiger partial charge in [0.1, 0.15) is 0 Å². The zero-order chi connectivity index (χ0) is 12.8. The minimum Gasteiger partial charge on any atom is -0.340 e. The largest absolute Gasteiger partial charge is 0.340 e. The molecule has 98 valence electrons. The molecule has 1 saturated heterocycles. The van der Waals surface area contributed by atoms with Gasteiger partial charge in [0, 0.05) is 32.1 Å². The van der Waals surface area contributed by atoms with E-state index in [1.165, 1.54) is 5.56 Å². The lowest BCUT2D eigenvalue weighted by Crippen LogP contribution is -2.51. The first-order valence-electron chi connectivity index (χ1n) is 6.81. The fraction of sp³-hybridized carbons (Fsp3) is 0.533. The second-order valence-electron chi connectivity index (χ2n) is 5.03. The first-order chi connectivity index (χ1) is 8.75. The highest BCUT2D eigenvalue weighted by atomic mass is 16.2. The molecule has 1 aliphatic rings. The monoisotopic (exact) mass is 246 g/mol. The van der Waals surface area contributed by atoms with Crippen molar-refractivity contribution in [2.45, 2.75) is 32.2 Å². The molecule has 0 spiro atoms. The number of carbonyl (C=O) groups is 1. The lowest BCUT2D eigenvalue weighted by Gasteiger charge is -2.32. The average Bonchev–Trinajstić information content (AvgIpc) is 2.40. The molecule has 0 radical (unpaired) electrons. The van der Waals surface area contributed by atoms with E-state index in [2.05, 4.69) is 36.5 Å². The molecule has 1 atom stereocenters. The molecule has 1 aromatic rings. The number of benzene rings is 1. The molecule has 18 heavy (non-hydrogen) atoms. The maximum atomic E-state index is 12.0. The first-order valence-corrected chi connectivity index (χ1v) is 6.81. The summed E-state index contributed by atoms with van der Waals surface area (Å²) in [7, 11) is 0. The summed E-state index contributed by atoms with van der Waals surface area (Å²) in [4.78, 5) is 14.0. The van der Waals surface area contributed by atoms with Gasteiger partial charge in [-0.1, -0.05) is 30.3 Å². The number of nitrogens with one attached hydrogen (secondary N) is 1. The molecule has 3 nitrogen and oxygen atoms in total. The summed E-state index contributed by atoms with van der Waals surface area (Å²) in [5, 5.41) is 3.35. The maximum Gasteiger partial charge on any atom is 0.222 e. The van der Waals surface area contributed by atoms with Crippen LogP contribution in [-0.2, 0) is 11.2 Å². The Morgan fingerprint density at radius 2 is 2.17 bits per heavy atom. The van der Waals surface area contributed by atoms with Gasteiger partial charge in [-0.25, -0.2) is 0 Å². The summed E-state index contributed by atoms with van der Waals surface area (Å²) in [6.07, 6.45) is 2.61. The maximum absolute atomic E-state index is 12.0. The zero-order valence-corrected chi connectivity index (χ0v) is 11.1. The van der Waals surface area contributed by atoms with Crippen molar-refractivity contribution in [3.8, 4) is 0 Å². The Morgan fingerprint density at radius 1 is 1.39 bits per heavy atom. The van der Waals surface area contributed by atoms with Gasteiger partial charge < -0.3 is 10.2 Å². The van der Waals surface area contributed by atoms with Gasteiger partial charge in [0.15, 0.2) is 0 Å². The average molecular weight is 246 g/mol. The van der Waals surface area contributed by atoms with E-state index in [1.807, 2.05) is 11.0 Å². The zero-order valence-electron chi connectivity index (χ0n) is 11.1. The van der Waals surface area contributed by atoms with Crippen LogP contribution in [0.4, 0.5) is 0 Å². The Hall–Kier alpha value is -1.35. The summed E-state index contributed by atoms with van der Waals surface area (Å²) in [5.74, 6) is 0.305. The van der Waals surface area contributed by atoms with Gasteiger partial charge in [0.25, 0.3) is 0 Å². The highest BCUT2D eigenvalue weighted by Gasteiger charge is 2.19. The molecule has 0 unspecified atom stereocenters. The summed E-state index contributed by atoms with van der Waals surface area (Å²) in [6.45, 7) is 4.76. The Labute approximate surface area is 109 Å². The lowest BCUT2D eigenvalue weighted by atomic mass is 10.1. The number of piperazine rings is 1. The number of amides is 1. The van der Waals surface area contributed by atoms with Gasteiger partial charge >= 0.3 is 0 Å². The Morgan fingerprint density at radius 3 is 2.89 bits per heavy atom. The Bertz CT molecular complexity index is 377. The quantitative estimate of drug-likeness (QED) is 0.879. The molecule has 2 rings (SSSR count). The van der Waals surface area contributed by atoms with E-state index in [9.17, 15) is 4.79 Å². The fourth-order valence-corrected chi connectivity index (χ4v) is 2.41. The van der Waals surface area contributed by atoms with Crippen molar-refractivity contribution >= 4 is 5.91 Å². The number of hydrogen-bond acceptors (Lipinski definition) is 2. The molecule has 0 aliphatic carbocycles. The summed E-state index contributed by atoms with van der Waals surface area (Å²) < 4.78 is 0. The topological polar surface area (TPSA) is 32.3 Å². The van der Waals surface area contributed by atoms with Crippen LogP contribution in [0.3, 0.4) is 0 Å². The Balaban J connectivity index is 1.71. The van der Waals surface area contributed by atoms with Crippen molar-refractivity contribution in [3.05, 3.63) is 35.9 Å². The van der Waals surface area contributed by atoms with Crippen LogP contribution in [0, 0.1) is 0 Å². The second kappa shape index (κ2) is 6.55. The molecule has 1 heterocycles. The fourth-order valence-electron chi connectivity index (χ4n) is 2.41. The van der Waals surface area contributed by atoms with Crippen LogP contribution in [0.5, 0.6) is 0 Å². The molecule has 1 aromatic carbocycles. The van der Waals surface area contributed by atoms with Crippen molar-refractivity contribution in [3.63, 3.8) is 0 Å². The molecule has 3 heteroatoms. The van der Waals surface area contributed by atoms with Crippen molar-refractivity contribution < 1.29 is 4.79 Å². The Kier molecular flexibility index (Phi) is 4.76. The van der Waals surface area contributed by atoms with E-state index in [4.69, 9.17) is 0 Å². The first kappa shape index (κ1) is 13.1. The lowest BCUT2D eigenvalue weighted by molar-refractivity contribution is -0.132. The van der Waals surface area contributed by atoms with Crippen molar-refractivity contribution in [2.24, 2.45) is 0 Å². The van der Waals surface area contributed by atoms with Crippen LogP contribution >= 0.6 is 0 Å². The third-order valence-corrected chi connectivity index (χ3v) is 3.42. The van der Waals surface area contributed by atoms with Crippen LogP contribution < -0.4 is 5.32 Å². The van der Waals surface area contributed by atoms with Gasteiger partial charge in [0.05, 0.1) is 0 Å². The summed E-state index contributed by atoms with van der Waals surface area (Å²) >= 11 is 0. The summed E-state index contributed by atoms with van der Waals surface area (Å²) in [5.41, 5.74) is 1.32. The molecule has 1 amide bonds. The highest BCUT2D eigenvalue weighted by Crippen LogP contribution is 2.08. The van der Waals surface area contributed by atoms with E-state index in [-0.39, 0.29) is 0 Å². The molecule has 0 saturated carbocycles. The molecule has 1 fully saturated rings. The predicted octanol–water partition coefficient (Wildman–Crippen LogP) is 1.83. The van der Waals surface area contributed by atoms with Crippen LogP contribution in [0.15, 0.2) is 30.3 Å². The van der Waals surface area contributed by atoms with E-state index >= 15 is 0 Å². The van der Waals surface area contributed by atoms with Crippen molar-refractivity contribution in [1.82, 2.24) is 10.2 Å². The molecular formula is C15H22N2O. The van der Waals surface area contributed by atoms with Gasteiger partial charge in [-0.15, -0.1) is 0 Å². The van der Waals surface area contributed by atoms with Crippen LogP contribution in [0.2, 0.25) is 0 Å². The highest BCUT2D eigenvalue weighted by molar-refractivity contribution is 5.76. The smallest absolute Gasteiger partial charge is 0.222 e. The van der Waals surface area contributed by atoms with E-state index < -0.39 is 0 Å². The van der Waals surface area contributed by atoms with Gasteiger partial charge in [0.2, 0.25) is 5.91 Å². The molecule has 0 aromatic heterocycles. The van der Waals surface area contributed by atoms with Crippen molar-refractivity contribution in [1.29, 1.82) is 0 Å². The van der Waals surface area contributed by atoms with Crippen LogP contribution in [0.1, 0.15) is 25.3 Å². The van der Waals surface area contributed by atoms with E-state index in [0.29, 0.717) is 18.4 Å². The number of nitrogens with zero attached hydrogens (tertiary/aromatic N) is 1. The minimum atomic E-state index is 0.305. The number of hydrogen-bond donors (Lipinski definition) is 1. The predicted molar refractivity (Wildman–Crippen MR) is 73.4 cm³/mol. The summed E-state index contributed by atoms with van der Waals surface area (Å²) in [6, 6.07) is 10.8. The van der Waals surface area contributed by atoms with Gasteiger partial charge in [-0.2, -0.15) is 0 Å². The van der Waals surface area contributed by atoms with E-state index in [1.54, 1.807) is 0 Å². The molecular weight excluding hydrogens is 224 g/mol. The number of rotatable bonds is 4. The van der Waals surface area contributed by atoms with E-state index in [0.717, 1.165) is 32.5 Å². The van der Waals surface area contributed by atoms with Crippen molar-refractivity contribution in [2.75, 3.05) is 19.6 Å². The third-order valence-electron chi connectivity index (χ3n) is 3.42. The SMILES string of the molecule is C[C@H]1CN(C(=O)CCCc2ccccc2)CCN1. The standard InChI is InChI=1S/C15H22N2O/c1-13-12-17(11-10-16-13)15(18)9-5-8-14-6-3-2-4-7-14/h2-4,6-7,13,16H,5,8-12H2,1H3/t13-/m0/s1. The number of aryl methyl sites for hydroxylation is 1. The molecule has 0 bridgehead atoms. The number of carbonyl (C=O) groups excluding carboxylic acids is 1. The van der Waals surface area contributed by atoms with Gasteiger partial charge in [-0.3, -0.25) is 4.79 Å².